The molecule has 0 saturated carbocycles. The van der Waals surface area contributed by atoms with Crippen LogP contribution in [0.1, 0.15) is 45.2 Å². The Morgan fingerprint density at radius 2 is 0.583 bits per heavy atom. The van der Waals surface area contributed by atoms with E-state index in [0.29, 0.717) is 0 Å². The van der Waals surface area contributed by atoms with E-state index in [0.717, 1.165) is 39.2 Å². The summed E-state index contributed by atoms with van der Waals surface area (Å²) < 4.78 is 4.96. The smallest absolute Gasteiger partial charge is 0.179 e. The van der Waals surface area contributed by atoms with Crippen LogP contribution >= 0.6 is 0 Å². The van der Waals surface area contributed by atoms with Crippen LogP contribution in [-0.4, -0.2) is 30.3 Å². The van der Waals surface area contributed by atoms with Crippen molar-refractivity contribution in [3.8, 4) is 33.9 Å². The summed E-state index contributed by atoms with van der Waals surface area (Å²) in [5, 5.41) is 15.9. The minimum Gasteiger partial charge on any atom is -0.309 e. The molecule has 0 saturated heterocycles. The Hall–Kier alpha value is -11.7. The summed E-state index contributed by atoms with van der Waals surface area (Å²) in [7, 11) is -5.64. The van der Waals surface area contributed by atoms with Crippen molar-refractivity contribution < 1.29 is 0 Å². The molecule has 96 heavy (non-hydrogen) atoms. The Bertz CT molecular complexity index is 5420. The van der Waals surface area contributed by atoms with Gasteiger partial charge >= 0.3 is 0 Å². The Morgan fingerprint density at radius 1 is 0.240 bits per heavy atom. The van der Waals surface area contributed by atoms with E-state index in [-0.39, 0.29) is 11.8 Å². The number of nitrogens with zero attached hydrogens (tertiary/aromatic N) is 3. The predicted molar refractivity (Wildman–Crippen MR) is 406 cm³/mol. The molecule has 3 nitrogen and oxygen atoms in total. The van der Waals surface area contributed by atoms with E-state index < -0.39 is 16.1 Å². The fourth-order valence-corrected chi connectivity index (χ4v) is 26.8. The Morgan fingerprint density at radius 3 is 1.02 bits per heavy atom. The van der Waals surface area contributed by atoms with Gasteiger partial charge in [-0.2, -0.15) is 0 Å². The molecule has 2 unspecified atom stereocenters. The summed E-state index contributed by atoms with van der Waals surface area (Å²) in [5.74, 6) is 0.909. The zero-order chi connectivity index (χ0) is 63.3. The maximum Gasteiger partial charge on any atom is 0.179 e. The fourth-order valence-electron chi connectivity index (χ4n) is 17.3. The molecule has 3 heterocycles. The van der Waals surface area contributed by atoms with Gasteiger partial charge in [-0.3, -0.25) is 4.57 Å². The number of fused-ring (bicyclic) bond motifs is 6. The SMILES string of the molecule is c1ccc(-n2c3ccccc3c3c4c(ccc32)C2c3ccccc3C4c3c2ccc2c3c3ccccc3n2-c2cc(-c3ccc([Si](c4ccccc4)(c4ccccc4)c4ccccc4)cc3)cc(-c3ccc([Si](c4ccccc4)(c4ccccc4)c4ccccc4)cc3)n2)cc1. The van der Waals surface area contributed by atoms with Crippen LogP contribution in [0.2, 0.25) is 0 Å². The number of benzene rings is 14. The van der Waals surface area contributed by atoms with Crippen molar-refractivity contribution in [2.24, 2.45) is 0 Å². The van der Waals surface area contributed by atoms with Crippen molar-refractivity contribution in [1.29, 1.82) is 0 Å². The second-order valence-electron chi connectivity index (χ2n) is 25.9. The first-order chi connectivity index (χ1) is 47.7. The number of rotatable bonds is 12. The minimum atomic E-state index is -2.83. The van der Waals surface area contributed by atoms with E-state index in [2.05, 4.69) is 379 Å². The lowest BCUT2D eigenvalue weighted by atomic mass is 9.59. The summed E-state index contributed by atoms with van der Waals surface area (Å²) in [6, 6.07) is 139. The molecule has 5 heteroatoms. The molecular formula is C91H63N3Si2. The van der Waals surface area contributed by atoms with Crippen LogP contribution < -0.4 is 41.5 Å². The highest BCUT2D eigenvalue weighted by atomic mass is 28.3. The molecule has 3 aliphatic carbocycles. The molecule has 20 rings (SSSR count). The normalized spacial score (nSPS) is 14.0. The van der Waals surface area contributed by atoms with Crippen molar-refractivity contribution in [3.05, 3.63) is 403 Å². The van der Waals surface area contributed by atoms with Gasteiger partial charge in [0, 0.05) is 44.6 Å². The standard InChI is InChI=1S/C91H63N3Si2/c1-8-28-65(29-9-1)93-81-46-26-24-44-76(81)87-83(93)58-56-78-86-74-42-22-23-43-75(74)89(90(78)87)91-79(86)57-59-84-88(91)77-45-25-27-47-82(77)94(84)85-61-64(62-48-52-72(53-49-62)95(66-30-10-2-11-31-66,67-32-12-3-13-33-67)68-34-14-4-15-35-68)60-80(92-85)63-50-54-73(55-51-63)96(69-36-16-5-17-37-69,70-38-18-6-19-39-70)71-40-20-7-21-41-71/h1-61,86,89H. The lowest BCUT2D eigenvalue weighted by Gasteiger charge is -2.43. The summed E-state index contributed by atoms with van der Waals surface area (Å²) in [6.45, 7) is 0. The van der Waals surface area contributed by atoms with Crippen molar-refractivity contribution in [1.82, 2.24) is 14.1 Å². The number of pyridine rings is 1. The molecule has 0 amide bonds. The Labute approximate surface area is 560 Å². The molecule has 3 aromatic heterocycles. The van der Waals surface area contributed by atoms with E-state index in [9.17, 15) is 0 Å². The molecule has 450 valence electrons. The average molecular weight is 1250 g/mol. The van der Waals surface area contributed by atoms with Crippen LogP contribution in [0.25, 0.3) is 77.5 Å². The molecule has 0 aliphatic heterocycles. The second kappa shape index (κ2) is 22.5. The fraction of sp³-hybridized carbons (Fsp3) is 0.0220. The van der Waals surface area contributed by atoms with Crippen molar-refractivity contribution in [2.45, 2.75) is 11.8 Å². The summed E-state index contributed by atoms with van der Waals surface area (Å²) in [4.78, 5) is 5.93. The largest absolute Gasteiger partial charge is 0.309 e. The molecule has 2 bridgehead atoms. The first-order valence-corrected chi connectivity index (χ1v) is 37.5. The van der Waals surface area contributed by atoms with E-state index >= 15 is 0 Å². The van der Waals surface area contributed by atoms with Gasteiger partial charge in [-0.05, 0) is 135 Å². The van der Waals surface area contributed by atoms with E-state index in [1.54, 1.807) is 0 Å². The molecule has 17 aromatic rings. The Kier molecular flexibility index (Phi) is 13.1. The van der Waals surface area contributed by atoms with Crippen LogP contribution in [0.3, 0.4) is 0 Å². The summed E-state index contributed by atoms with van der Waals surface area (Å²) >= 11 is 0. The van der Waals surface area contributed by atoms with Crippen LogP contribution in [0.15, 0.2) is 370 Å². The van der Waals surface area contributed by atoms with Gasteiger partial charge in [0.15, 0.2) is 16.1 Å². The highest BCUT2D eigenvalue weighted by Gasteiger charge is 2.46. The van der Waals surface area contributed by atoms with Crippen LogP contribution in [0.5, 0.6) is 0 Å². The third-order valence-electron chi connectivity index (χ3n) is 21.2. The lowest BCUT2D eigenvalue weighted by molar-refractivity contribution is 0.768. The third-order valence-corrected chi connectivity index (χ3v) is 30.8. The summed E-state index contributed by atoms with van der Waals surface area (Å²) in [6.07, 6.45) is 0. The highest BCUT2D eigenvalue weighted by Crippen LogP contribution is 2.60. The zero-order valence-corrected chi connectivity index (χ0v) is 54.7. The van der Waals surface area contributed by atoms with Gasteiger partial charge in [0.25, 0.3) is 0 Å². The molecule has 2 atom stereocenters. The minimum absolute atomic E-state index is 0.0265. The number of hydrogen-bond acceptors (Lipinski definition) is 1. The molecule has 14 aromatic carbocycles. The van der Waals surface area contributed by atoms with E-state index in [1.807, 2.05) is 0 Å². The third kappa shape index (κ3) is 8.34. The van der Waals surface area contributed by atoms with Gasteiger partial charge in [0.05, 0.1) is 27.8 Å². The van der Waals surface area contributed by atoms with Crippen molar-refractivity contribution >= 4 is 101 Å². The maximum absolute atomic E-state index is 5.93. The van der Waals surface area contributed by atoms with Crippen molar-refractivity contribution in [2.75, 3.05) is 0 Å². The van der Waals surface area contributed by atoms with Gasteiger partial charge in [-0.25, -0.2) is 4.98 Å². The van der Waals surface area contributed by atoms with Crippen LogP contribution in [0, 0.1) is 0 Å². The quantitative estimate of drug-likeness (QED) is 0.0883. The maximum atomic E-state index is 5.93. The van der Waals surface area contributed by atoms with Crippen molar-refractivity contribution in [3.63, 3.8) is 0 Å². The van der Waals surface area contributed by atoms with Gasteiger partial charge in [0.2, 0.25) is 0 Å². The molecule has 0 N–H and O–H groups in total. The molecule has 0 spiro atoms. The van der Waals surface area contributed by atoms with Crippen LogP contribution in [-0.2, 0) is 0 Å². The van der Waals surface area contributed by atoms with E-state index in [1.165, 1.54) is 113 Å². The second-order valence-corrected chi connectivity index (χ2v) is 33.5. The average Bonchev–Trinajstić information content (AvgIpc) is 1.33. The molecule has 0 radical (unpaired) electrons. The Balaban J connectivity index is 0.842. The lowest BCUT2D eigenvalue weighted by Crippen LogP contribution is -2.74. The first kappa shape index (κ1) is 55.9. The topological polar surface area (TPSA) is 22.8 Å². The van der Waals surface area contributed by atoms with Gasteiger partial charge in [-0.1, -0.05) is 322 Å². The zero-order valence-electron chi connectivity index (χ0n) is 52.7. The number of hydrogen-bond donors (Lipinski definition) is 0. The molecular weight excluding hydrogens is 1190 g/mol. The molecule has 0 fully saturated rings. The molecule has 3 aliphatic rings. The number of aromatic nitrogens is 3. The van der Waals surface area contributed by atoms with Crippen LogP contribution in [0.4, 0.5) is 0 Å². The van der Waals surface area contributed by atoms with Gasteiger partial charge in [0.1, 0.15) is 5.82 Å². The monoisotopic (exact) mass is 1250 g/mol. The first-order valence-electron chi connectivity index (χ1n) is 33.5. The predicted octanol–water partition coefficient (Wildman–Crippen LogP) is 16.4. The highest BCUT2D eigenvalue weighted by molar-refractivity contribution is 7.20. The van der Waals surface area contributed by atoms with Gasteiger partial charge in [-0.15, -0.1) is 0 Å². The van der Waals surface area contributed by atoms with E-state index in [4.69, 9.17) is 4.98 Å². The summed E-state index contributed by atoms with van der Waals surface area (Å²) in [5.41, 5.74) is 18.5. The van der Waals surface area contributed by atoms with Gasteiger partial charge < -0.3 is 4.57 Å². The number of para-hydroxylation sites is 3.